The van der Waals surface area contributed by atoms with Crippen molar-refractivity contribution in [3.63, 3.8) is 0 Å². The minimum atomic E-state index is -4.65. The van der Waals surface area contributed by atoms with Gasteiger partial charge in [0.05, 0.1) is 5.56 Å². The van der Waals surface area contributed by atoms with Gasteiger partial charge in [0, 0.05) is 0 Å². The number of carbonyl (C=O) groups is 1. The van der Waals surface area contributed by atoms with Gasteiger partial charge in [0.25, 0.3) is 0 Å². The maximum absolute atomic E-state index is 12.5. The molecule has 0 spiro atoms. The van der Waals surface area contributed by atoms with E-state index < -0.39 is 18.2 Å². The molecule has 0 fully saturated rings. The van der Waals surface area contributed by atoms with Crippen molar-refractivity contribution in [2.75, 3.05) is 0 Å². The molecule has 0 aromatic heterocycles. The van der Waals surface area contributed by atoms with Gasteiger partial charge < -0.3 is 9.84 Å². The van der Waals surface area contributed by atoms with Crippen molar-refractivity contribution in [3.05, 3.63) is 42.0 Å². The number of rotatable bonds is 3. The number of hydrogen-bond donors (Lipinski definition) is 1. The Hall–Kier alpha value is -1.98. The summed E-state index contributed by atoms with van der Waals surface area (Å²) in [7, 11) is 0. The molecule has 1 N–H and O–H groups in total. The number of ether oxygens (including phenoxy) is 1. The molecule has 1 rings (SSSR count). The summed E-state index contributed by atoms with van der Waals surface area (Å²) in [5, 5.41) is 8.99. The number of phenolic OH excluding ortho intramolecular Hbond substituents is 1. The number of esters is 1. The van der Waals surface area contributed by atoms with Gasteiger partial charge in [-0.25, -0.2) is 4.79 Å². The van der Waals surface area contributed by atoms with Crippen LogP contribution in [0.25, 0.3) is 0 Å². The van der Waals surface area contributed by atoms with E-state index in [9.17, 15) is 18.0 Å². The summed E-state index contributed by atoms with van der Waals surface area (Å²) in [4.78, 5) is 11.5. The van der Waals surface area contributed by atoms with Crippen molar-refractivity contribution in [2.24, 2.45) is 0 Å². The fraction of sp³-hybridized carbons (Fsp3) is 0.250. The molecule has 0 aliphatic carbocycles. The minimum absolute atomic E-state index is 0.0634. The number of allylic oxidation sites excluding steroid dienone is 1. The number of alkyl halides is 3. The van der Waals surface area contributed by atoms with Crippen molar-refractivity contribution in [2.45, 2.75) is 19.2 Å². The first-order valence-corrected chi connectivity index (χ1v) is 5.04. The van der Waals surface area contributed by atoms with Crippen molar-refractivity contribution in [1.82, 2.24) is 0 Å². The van der Waals surface area contributed by atoms with Crippen LogP contribution in [0.1, 0.15) is 17.3 Å². The van der Waals surface area contributed by atoms with Crippen LogP contribution >= 0.6 is 0 Å². The van der Waals surface area contributed by atoms with Crippen molar-refractivity contribution in [3.8, 4) is 5.75 Å². The number of aromatic hydroxyl groups is 1. The molecule has 1 aromatic rings. The summed E-state index contributed by atoms with van der Waals surface area (Å²) in [6, 6.07) is 4.74. The fourth-order valence-corrected chi connectivity index (χ4v) is 1.17. The lowest BCUT2D eigenvalue weighted by Crippen LogP contribution is -2.32. The molecule has 0 aliphatic heterocycles. The Kier molecular flexibility index (Phi) is 4.36. The highest BCUT2D eigenvalue weighted by atomic mass is 19.4. The summed E-state index contributed by atoms with van der Waals surface area (Å²) >= 11 is 0. The third-order valence-corrected chi connectivity index (χ3v) is 2.03. The number of benzene rings is 1. The van der Waals surface area contributed by atoms with Crippen molar-refractivity contribution in [1.29, 1.82) is 0 Å². The van der Waals surface area contributed by atoms with Gasteiger partial charge in [0.15, 0.2) is 0 Å². The number of hydrogen-bond acceptors (Lipinski definition) is 3. The average molecular weight is 260 g/mol. The van der Waals surface area contributed by atoms with E-state index in [2.05, 4.69) is 4.74 Å². The first-order chi connectivity index (χ1) is 8.34. The van der Waals surface area contributed by atoms with Crippen molar-refractivity contribution < 1.29 is 27.8 Å². The number of carbonyl (C=O) groups excluding carboxylic acids is 1. The van der Waals surface area contributed by atoms with Crippen LogP contribution in [-0.4, -0.2) is 23.4 Å². The molecular weight excluding hydrogens is 249 g/mol. The van der Waals surface area contributed by atoms with Gasteiger partial charge in [-0.15, -0.1) is 0 Å². The minimum Gasteiger partial charge on any atom is -0.508 e. The van der Waals surface area contributed by atoms with E-state index in [0.29, 0.717) is 0 Å². The SMILES string of the molecule is C/C=C\C(OC(=O)c1ccc(O)cc1)C(F)(F)F. The van der Waals surface area contributed by atoms with Gasteiger partial charge in [-0.3, -0.25) is 0 Å². The predicted molar refractivity (Wildman–Crippen MR) is 58.2 cm³/mol. The topological polar surface area (TPSA) is 46.5 Å². The van der Waals surface area contributed by atoms with Crippen LogP contribution in [0.5, 0.6) is 5.75 Å². The molecule has 0 radical (unpaired) electrons. The molecule has 0 saturated heterocycles. The molecule has 98 valence electrons. The maximum atomic E-state index is 12.5. The molecule has 1 atom stereocenters. The summed E-state index contributed by atoms with van der Waals surface area (Å²) in [6.45, 7) is 1.40. The molecule has 3 nitrogen and oxygen atoms in total. The normalized spacial score (nSPS) is 13.6. The summed E-state index contributed by atoms with van der Waals surface area (Å²) < 4.78 is 41.8. The predicted octanol–water partition coefficient (Wildman–Crippen LogP) is 3.06. The van der Waals surface area contributed by atoms with E-state index in [1.165, 1.54) is 31.2 Å². The highest BCUT2D eigenvalue weighted by Gasteiger charge is 2.41. The van der Waals surface area contributed by atoms with Gasteiger partial charge in [0.1, 0.15) is 5.75 Å². The van der Waals surface area contributed by atoms with Crippen LogP contribution in [-0.2, 0) is 4.74 Å². The molecule has 0 bridgehead atoms. The molecule has 0 aliphatic rings. The third-order valence-electron chi connectivity index (χ3n) is 2.03. The molecule has 0 saturated carbocycles. The standard InChI is InChI=1S/C12H11F3O3/c1-2-3-10(12(13,14)15)18-11(17)8-4-6-9(16)7-5-8/h2-7,10,16H,1H3/b3-2-. The van der Waals surface area contributed by atoms with Crippen LogP contribution in [0, 0.1) is 0 Å². The lowest BCUT2D eigenvalue weighted by Gasteiger charge is -2.17. The van der Waals surface area contributed by atoms with Gasteiger partial charge in [-0.1, -0.05) is 6.08 Å². The van der Waals surface area contributed by atoms with Crippen LogP contribution in [0.4, 0.5) is 13.2 Å². The monoisotopic (exact) mass is 260 g/mol. The van der Waals surface area contributed by atoms with E-state index >= 15 is 0 Å². The van der Waals surface area contributed by atoms with Gasteiger partial charge in [-0.05, 0) is 37.3 Å². The summed E-state index contributed by atoms with van der Waals surface area (Å²) in [5.74, 6) is -1.19. The van der Waals surface area contributed by atoms with Gasteiger partial charge in [-0.2, -0.15) is 13.2 Å². The smallest absolute Gasteiger partial charge is 0.429 e. The number of halogens is 3. The fourth-order valence-electron chi connectivity index (χ4n) is 1.17. The quantitative estimate of drug-likeness (QED) is 0.671. The van der Waals surface area contributed by atoms with Crippen LogP contribution in [0.2, 0.25) is 0 Å². The third kappa shape index (κ3) is 3.80. The van der Waals surface area contributed by atoms with Crippen LogP contribution in [0.15, 0.2) is 36.4 Å². The highest BCUT2D eigenvalue weighted by molar-refractivity contribution is 5.89. The zero-order valence-electron chi connectivity index (χ0n) is 9.44. The van der Waals surface area contributed by atoms with Crippen LogP contribution in [0.3, 0.4) is 0 Å². The van der Waals surface area contributed by atoms with E-state index in [1.54, 1.807) is 0 Å². The van der Waals surface area contributed by atoms with Gasteiger partial charge in [0.2, 0.25) is 6.10 Å². The Labute approximate surface area is 101 Å². The Morgan fingerprint density at radius 3 is 2.33 bits per heavy atom. The Balaban J connectivity index is 2.82. The molecule has 0 heterocycles. The first-order valence-electron chi connectivity index (χ1n) is 5.04. The Morgan fingerprint density at radius 2 is 1.89 bits per heavy atom. The molecule has 6 heteroatoms. The van der Waals surface area contributed by atoms with Crippen molar-refractivity contribution >= 4 is 5.97 Å². The molecule has 0 amide bonds. The zero-order chi connectivity index (χ0) is 13.8. The highest BCUT2D eigenvalue weighted by Crippen LogP contribution is 2.25. The average Bonchev–Trinajstić information content (AvgIpc) is 2.28. The largest absolute Gasteiger partial charge is 0.508 e. The molecular formula is C12H11F3O3. The van der Waals surface area contributed by atoms with Gasteiger partial charge >= 0.3 is 12.1 Å². The van der Waals surface area contributed by atoms with E-state index in [4.69, 9.17) is 5.11 Å². The molecule has 18 heavy (non-hydrogen) atoms. The molecule has 1 unspecified atom stereocenters. The second kappa shape index (κ2) is 5.57. The Bertz CT molecular complexity index is 435. The summed E-state index contributed by atoms with van der Waals surface area (Å²) in [5.41, 5.74) is -0.0634. The van der Waals surface area contributed by atoms with E-state index in [-0.39, 0.29) is 11.3 Å². The number of phenols is 1. The van der Waals surface area contributed by atoms with E-state index in [1.807, 2.05) is 0 Å². The second-order valence-electron chi connectivity index (χ2n) is 3.44. The second-order valence-corrected chi connectivity index (χ2v) is 3.44. The first kappa shape index (κ1) is 14.1. The zero-order valence-corrected chi connectivity index (χ0v) is 9.44. The van der Waals surface area contributed by atoms with E-state index in [0.717, 1.165) is 12.2 Å². The maximum Gasteiger partial charge on any atom is 0.429 e. The lowest BCUT2D eigenvalue weighted by molar-refractivity contribution is -0.189. The van der Waals surface area contributed by atoms with Crippen LogP contribution < -0.4 is 0 Å². The molecule has 1 aromatic carbocycles. The Morgan fingerprint density at radius 1 is 1.33 bits per heavy atom. The lowest BCUT2D eigenvalue weighted by atomic mass is 10.2. The summed E-state index contributed by atoms with van der Waals surface area (Å²) in [6.07, 6.45) is -5.02.